The van der Waals surface area contributed by atoms with Crippen LogP contribution in [0.4, 0.5) is 11.4 Å². The average Bonchev–Trinajstić information content (AvgIpc) is 2.69. The Labute approximate surface area is 195 Å². The minimum atomic E-state index is -3.86. The standard InChI is InChI=1S/C21H17Cl3N2O4S/c1-13-19(24)3-2-4-20(13)25-21(27)12-30-17-5-7-18(8-6-17)31(28,29)26-16-10-14(22)9-15(23)11-16/h2-11,26H,12H2,1H3,(H,25,27). The Kier molecular flexibility index (Phi) is 7.33. The minimum absolute atomic E-state index is 0.00921. The second-order valence-electron chi connectivity index (χ2n) is 6.48. The Bertz CT molecular complexity index is 1200. The maximum atomic E-state index is 12.6. The van der Waals surface area contributed by atoms with Gasteiger partial charge in [-0.25, -0.2) is 8.42 Å². The number of carbonyl (C=O) groups excluding carboxylic acids is 1. The van der Waals surface area contributed by atoms with Crippen LogP contribution < -0.4 is 14.8 Å². The molecule has 0 saturated heterocycles. The fraction of sp³-hybridized carbons (Fsp3) is 0.0952. The van der Waals surface area contributed by atoms with Gasteiger partial charge < -0.3 is 10.1 Å². The lowest BCUT2D eigenvalue weighted by Crippen LogP contribution is -2.20. The third kappa shape index (κ3) is 6.27. The highest BCUT2D eigenvalue weighted by Crippen LogP contribution is 2.26. The van der Waals surface area contributed by atoms with E-state index in [2.05, 4.69) is 10.0 Å². The van der Waals surface area contributed by atoms with Gasteiger partial charge in [-0.3, -0.25) is 9.52 Å². The summed E-state index contributed by atoms with van der Waals surface area (Å²) in [7, 11) is -3.86. The number of amides is 1. The largest absolute Gasteiger partial charge is 0.484 e. The lowest BCUT2D eigenvalue weighted by molar-refractivity contribution is -0.118. The van der Waals surface area contributed by atoms with Gasteiger partial charge >= 0.3 is 0 Å². The molecule has 2 N–H and O–H groups in total. The van der Waals surface area contributed by atoms with Crippen LogP contribution in [-0.4, -0.2) is 20.9 Å². The molecular weight excluding hydrogens is 483 g/mol. The van der Waals surface area contributed by atoms with E-state index >= 15 is 0 Å². The Balaban J connectivity index is 1.61. The Morgan fingerprint density at radius 3 is 2.26 bits per heavy atom. The summed E-state index contributed by atoms with van der Waals surface area (Å²) in [6.45, 7) is 1.54. The first-order valence-corrected chi connectivity index (χ1v) is 11.5. The van der Waals surface area contributed by atoms with E-state index in [9.17, 15) is 13.2 Å². The number of rotatable bonds is 7. The molecule has 3 aromatic carbocycles. The number of benzene rings is 3. The summed E-state index contributed by atoms with van der Waals surface area (Å²) in [4.78, 5) is 12.1. The molecule has 0 aliphatic carbocycles. The lowest BCUT2D eigenvalue weighted by Gasteiger charge is -2.11. The molecule has 162 valence electrons. The number of ether oxygens (including phenoxy) is 1. The lowest BCUT2D eigenvalue weighted by atomic mass is 10.2. The second-order valence-corrected chi connectivity index (χ2v) is 9.45. The van der Waals surface area contributed by atoms with Crippen LogP contribution in [0.2, 0.25) is 15.1 Å². The highest BCUT2D eigenvalue weighted by molar-refractivity contribution is 7.92. The summed E-state index contributed by atoms with van der Waals surface area (Å²) in [5, 5.41) is 3.87. The Morgan fingerprint density at radius 2 is 1.61 bits per heavy atom. The van der Waals surface area contributed by atoms with Gasteiger partial charge in [0.25, 0.3) is 15.9 Å². The van der Waals surface area contributed by atoms with Crippen molar-refractivity contribution in [3.05, 3.63) is 81.3 Å². The molecule has 0 radical (unpaired) electrons. The van der Waals surface area contributed by atoms with Crippen LogP contribution in [0.25, 0.3) is 0 Å². The van der Waals surface area contributed by atoms with Crippen molar-refractivity contribution in [3.63, 3.8) is 0 Å². The second kappa shape index (κ2) is 9.78. The van der Waals surface area contributed by atoms with Crippen LogP contribution in [0.5, 0.6) is 5.75 Å². The van der Waals surface area contributed by atoms with Crippen molar-refractivity contribution in [3.8, 4) is 5.75 Å². The molecule has 1 amide bonds. The number of nitrogens with one attached hydrogen (secondary N) is 2. The number of carbonyl (C=O) groups is 1. The highest BCUT2D eigenvalue weighted by atomic mass is 35.5. The van der Waals surface area contributed by atoms with Crippen molar-refractivity contribution < 1.29 is 17.9 Å². The summed E-state index contributed by atoms with van der Waals surface area (Å²) in [5.41, 5.74) is 1.58. The summed E-state index contributed by atoms with van der Waals surface area (Å²) >= 11 is 17.8. The normalized spacial score (nSPS) is 11.1. The van der Waals surface area contributed by atoms with Gasteiger partial charge in [0.1, 0.15) is 5.75 Å². The SMILES string of the molecule is Cc1c(Cl)cccc1NC(=O)COc1ccc(S(=O)(=O)Nc2cc(Cl)cc(Cl)c2)cc1. The van der Waals surface area contributed by atoms with Crippen LogP contribution in [0.1, 0.15) is 5.56 Å². The predicted molar refractivity (Wildman–Crippen MR) is 124 cm³/mol. The molecule has 3 aromatic rings. The molecule has 0 unspecified atom stereocenters. The predicted octanol–water partition coefficient (Wildman–Crippen LogP) is 5.77. The van der Waals surface area contributed by atoms with Gasteiger partial charge in [0.05, 0.1) is 10.6 Å². The van der Waals surface area contributed by atoms with Gasteiger partial charge in [-0.15, -0.1) is 0 Å². The molecule has 0 aliphatic heterocycles. The van der Waals surface area contributed by atoms with Gasteiger partial charge in [0, 0.05) is 20.8 Å². The zero-order valence-corrected chi connectivity index (χ0v) is 19.2. The van der Waals surface area contributed by atoms with Crippen molar-refractivity contribution in [1.29, 1.82) is 0 Å². The Morgan fingerprint density at radius 1 is 0.968 bits per heavy atom. The molecule has 0 spiro atoms. The summed E-state index contributed by atoms with van der Waals surface area (Å²) in [5.74, 6) is -0.0377. The number of halogens is 3. The van der Waals surface area contributed by atoms with Crippen LogP contribution in [0, 0.1) is 6.92 Å². The van der Waals surface area contributed by atoms with E-state index in [4.69, 9.17) is 39.5 Å². The van der Waals surface area contributed by atoms with Crippen molar-refractivity contribution in [2.24, 2.45) is 0 Å². The molecule has 0 aliphatic rings. The van der Waals surface area contributed by atoms with Crippen LogP contribution in [0.3, 0.4) is 0 Å². The summed E-state index contributed by atoms with van der Waals surface area (Å²) < 4.78 is 32.9. The van der Waals surface area contributed by atoms with Gasteiger partial charge in [-0.2, -0.15) is 0 Å². The third-order valence-corrected chi connectivity index (χ3v) is 6.40. The van der Waals surface area contributed by atoms with E-state index in [-0.39, 0.29) is 23.1 Å². The zero-order chi connectivity index (χ0) is 22.6. The van der Waals surface area contributed by atoms with Crippen LogP contribution in [0.15, 0.2) is 65.6 Å². The first-order valence-electron chi connectivity index (χ1n) is 8.91. The van der Waals surface area contributed by atoms with Gasteiger partial charge in [-0.05, 0) is 67.1 Å². The highest BCUT2D eigenvalue weighted by Gasteiger charge is 2.15. The molecule has 0 bridgehead atoms. The van der Waals surface area contributed by atoms with Gasteiger partial charge in [0.2, 0.25) is 0 Å². The quantitative estimate of drug-likeness (QED) is 0.432. The summed E-state index contributed by atoms with van der Waals surface area (Å²) in [6.07, 6.45) is 0. The molecule has 10 heteroatoms. The first-order chi connectivity index (χ1) is 14.6. The average molecular weight is 500 g/mol. The molecular formula is C21H17Cl3N2O4S. The van der Waals surface area contributed by atoms with E-state index in [0.29, 0.717) is 26.5 Å². The monoisotopic (exact) mass is 498 g/mol. The van der Waals surface area contributed by atoms with Gasteiger partial charge in [0.15, 0.2) is 6.61 Å². The van der Waals surface area contributed by atoms with Gasteiger partial charge in [-0.1, -0.05) is 40.9 Å². The van der Waals surface area contributed by atoms with Crippen molar-refractivity contribution in [2.45, 2.75) is 11.8 Å². The van der Waals surface area contributed by atoms with Crippen molar-refractivity contribution >= 4 is 62.1 Å². The van der Waals surface area contributed by atoms with E-state index in [1.165, 1.54) is 42.5 Å². The molecule has 0 atom stereocenters. The van der Waals surface area contributed by atoms with Crippen LogP contribution in [-0.2, 0) is 14.8 Å². The number of sulfonamides is 1. The number of anilines is 2. The Hall–Kier alpha value is -2.45. The van der Waals surface area contributed by atoms with Crippen LogP contribution >= 0.6 is 34.8 Å². The number of hydrogen-bond donors (Lipinski definition) is 2. The number of hydrogen-bond acceptors (Lipinski definition) is 4. The molecule has 0 aromatic heterocycles. The molecule has 0 fully saturated rings. The molecule has 31 heavy (non-hydrogen) atoms. The maximum absolute atomic E-state index is 12.6. The first kappa shape index (κ1) is 23.2. The van der Waals surface area contributed by atoms with E-state index < -0.39 is 10.0 Å². The maximum Gasteiger partial charge on any atom is 0.262 e. The van der Waals surface area contributed by atoms with E-state index in [1.807, 2.05) is 0 Å². The fourth-order valence-electron chi connectivity index (χ4n) is 2.62. The molecule has 6 nitrogen and oxygen atoms in total. The minimum Gasteiger partial charge on any atom is -0.484 e. The van der Waals surface area contributed by atoms with Crippen molar-refractivity contribution in [2.75, 3.05) is 16.6 Å². The molecule has 3 rings (SSSR count). The topological polar surface area (TPSA) is 84.5 Å². The van der Waals surface area contributed by atoms with Crippen molar-refractivity contribution in [1.82, 2.24) is 0 Å². The van der Waals surface area contributed by atoms with E-state index in [0.717, 1.165) is 5.56 Å². The summed E-state index contributed by atoms with van der Waals surface area (Å²) in [6, 6.07) is 15.2. The van der Waals surface area contributed by atoms with E-state index in [1.54, 1.807) is 25.1 Å². The molecule has 0 heterocycles. The third-order valence-electron chi connectivity index (χ3n) is 4.16. The fourth-order valence-corrected chi connectivity index (χ4v) is 4.36. The smallest absolute Gasteiger partial charge is 0.262 e. The zero-order valence-electron chi connectivity index (χ0n) is 16.2. The molecule has 0 saturated carbocycles.